The normalized spacial score (nSPS) is 10.5. The van der Waals surface area contributed by atoms with Gasteiger partial charge in [0.05, 0.1) is 17.2 Å². The van der Waals surface area contributed by atoms with E-state index in [0.717, 1.165) is 12.1 Å². The maximum Gasteiger partial charge on any atom is 0.417 e. The summed E-state index contributed by atoms with van der Waals surface area (Å²) in [7, 11) is 0. The van der Waals surface area contributed by atoms with E-state index in [2.05, 4.69) is 11.2 Å². The van der Waals surface area contributed by atoms with Crippen molar-refractivity contribution in [2.24, 2.45) is 0 Å². The van der Waals surface area contributed by atoms with Crippen LogP contribution in [-0.4, -0.2) is 0 Å². The summed E-state index contributed by atoms with van der Waals surface area (Å²) in [6, 6.07) is 11.7. The fourth-order valence-electron chi connectivity index (χ4n) is 1.82. The summed E-state index contributed by atoms with van der Waals surface area (Å²) in [6.45, 7) is 0. The molecule has 0 fully saturated rings. The van der Waals surface area contributed by atoms with Crippen molar-refractivity contribution in [2.45, 2.75) is 6.18 Å². The number of benzene rings is 2. The van der Waals surface area contributed by atoms with Crippen molar-refractivity contribution in [1.82, 2.24) is 0 Å². The van der Waals surface area contributed by atoms with Gasteiger partial charge in [-0.05, 0) is 36.4 Å². The van der Waals surface area contributed by atoms with Crippen molar-refractivity contribution in [2.75, 3.05) is 5.32 Å². The fraction of sp³-hybridized carbons (Fsp3) is 0.0625. The van der Waals surface area contributed by atoms with Crippen molar-refractivity contribution < 1.29 is 13.2 Å². The van der Waals surface area contributed by atoms with E-state index in [1.807, 2.05) is 0 Å². The van der Waals surface area contributed by atoms with Crippen molar-refractivity contribution in [3.63, 3.8) is 0 Å². The quantitative estimate of drug-likeness (QED) is 0.835. The van der Waals surface area contributed by atoms with Gasteiger partial charge in [0.25, 0.3) is 0 Å². The zero-order valence-electron chi connectivity index (χ0n) is 10.7. The van der Waals surface area contributed by atoms with E-state index < -0.39 is 17.3 Å². The van der Waals surface area contributed by atoms with Gasteiger partial charge >= 0.3 is 6.18 Å². The molecule has 1 N–H and O–H groups in total. The summed E-state index contributed by atoms with van der Waals surface area (Å²) in [5, 5.41) is 11.8. The van der Waals surface area contributed by atoms with E-state index >= 15 is 0 Å². The molecule has 0 heterocycles. The van der Waals surface area contributed by atoms with Crippen LogP contribution in [0.2, 0.25) is 0 Å². The van der Waals surface area contributed by atoms with Crippen LogP contribution in [0, 0.1) is 23.7 Å². The Hall–Kier alpha value is -2.92. The van der Waals surface area contributed by atoms with Gasteiger partial charge in [-0.1, -0.05) is 12.0 Å². The Balaban J connectivity index is 2.34. The number of rotatable bonds is 2. The maximum atomic E-state index is 12.7. The topological polar surface area (TPSA) is 35.8 Å². The number of nitriles is 1. The fourth-order valence-corrected chi connectivity index (χ4v) is 1.82. The third-order valence-electron chi connectivity index (χ3n) is 2.76. The first-order valence-electron chi connectivity index (χ1n) is 5.89. The first-order chi connectivity index (χ1) is 9.94. The summed E-state index contributed by atoms with van der Waals surface area (Å²) in [4.78, 5) is 0. The molecule has 0 aliphatic carbocycles. The molecule has 2 nitrogen and oxygen atoms in total. The van der Waals surface area contributed by atoms with Crippen LogP contribution < -0.4 is 5.32 Å². The van der Waals surface area contributed by atoms with Gasteiger partial charge in [-0.2, -0.15) is 18.4 Å². The van der Waals surface area contributed by atoms with Crippen molar-refractivity contribution in [3.05, 3.63) is 59.2 Å². The number of nitrogens with one attached hydrogen (secondary N) is 1. The van der Waals surface area contributed by atoms with Crippen LogP contribution in [0.3, 0.4) is 0 Å². The minimum absolute atomic E-state index is 0.383. The smallest absolute Gasteiger partial charge is 0.355 e. The van der Waals surface area contributed by atoms with Crippen LogP contribution in [0.1, 0.15) is 16.7 Å². The first kappa shape index (κ1) is 14.5. The standard InChI is InChI=1S/C16H9F3N2/c1-2-11-4-3-5-13(8-11)21-14-6-7-15(16(17,18)19)12(9-14)10-20/h1,3-9,21H. The summed E-state index contributed by atoms with van der Waals surface area (Å²) in [5.41, 5.74) is 0.281. The lowest BCUT2D eigenvalue weighted by molar-refractivity contribution is -0.137. The molecule has 0 aliphatic heterocycles. The highest BCUT2D eigenvalue weighted by molar-refractivity contribution is 5.64. The Bertz CT molecular complexity index is 749. The van der Waals surface area contributed by atoms with Gasteiger partial charge in [0.1, 0.15) is 0 Å². The second-order valence-corrected chi connectivity index (χ2v) is 4.22. The Morgan fingerprint density at radius 1 is 1.05 bits per heavy atom. The molecule has 0 aliphatic rings. The largest absolute Gasteiger partial charge is 0.417 e. The van der Waals surface area contributed by atoms with Gasteiger partial charge < -0.3 is 5.32 Å². The molecule has 0 saturated carbocycles. The van der Waals surface area contributed by atoms with Crippen molar-refractivity contribution in [3.8, 4) is 18.4 Å². The first-order valence-corrected chi connectivity index (χ1v) is 5.89. The molecule has 21 heavy (non-hydrogen) atoms. The van der Waals surface area contributed by atoms with Gasteiger partial charge in [0.15, 0.2) is 0 Å². The third-order valence-corrected chi connectivity index (χ3v) is 2.76. The van der Waals surface area contributed by atoms with Crippen LogP contribution in [0.4, 0.5) is 24.5 Å². The molecule has 104 valence electrons. The molecular formula is C16H9F3N2. The molecule has 2 rings (SSSR count). The van der Waals surface area contributed by atoms with Gasteiger partial charge in [0, 0.05) is 16.9 Å². The van der Waals surface area contributed by atoms with E-state index in [0.29, 0.717) is 16.9 Å². The van der Waals surface area contributed by atoms with E-state index in [4.69, 9.17) is 11.7 Å². The summed E-state index contributed by atoms with van der Waals surface area (Å²) < 4.78 is 38.1. The van der Waals surface area contributed by atoms with Gasteiger partial charge in [-0.25, -0.2) is 0 Å². The van der Waals surface area contributed by atoms with Crippen molar-refractivity contribution >= 4 is 11.4 Å². The SMILES string of the molecule is C#Cc1cccc(Nc2ccc(C(F)(F)F)c(C#N)c2)c1. The number of anilines is 2. The molecule has 0 saturated heterocycles. The molecular weight excluding hydrogens is 277 g/mol. The molecule has 0 amide bonds. The summed E-state index contributed by atoms with van der Waals surface area (Å²) >= 11 is 0. The average molecular weight is 286 g/mol. The lowest BCUT2D eigenvalue weighted by atomic mass is 10.1. The van der Waals surface area contributed by atoms with Crippen LogP contribution in [0.5, 0.6) is 0 Å². The average Bonchev–Trinajstić information content (AvgIpc) is 2.46. The maximum absolute atomic E-state index is 12.7. The van der Waals surface area contributed by atoms with Crippen LogP contribution in [0.15, 0.2) is 42.5 Å². The number of nitrogens with zero attached hydrogens (tertiary/aromatic N) is 1. The summed E-state index contributed by atoms with van der Waals surface area (Å²) in [5.74, 6) is 2.46. The number of alkyl halides is 3. The molecule has 2 aromatic rings. The second-order valence-electron chi connectivity index (χ2n) is 4.22. The minimum Gasteiger partial charge on any atom is -0.355 e. The number of halogens is 3. The van der Waals surface area contributed by atoms with Gasteiger partial charge in [0.2, 0.25) is 0 Å². The van der Waals surface area contributed by atoms with Crippen molar-refractivity contribution in [1.29, 1.82) is 5.26 Å². The highest BCUT2D eigenvalue weighted by Crippen LogP contribution is 2.33. The molecule has 5 heteroatoms. The van der Waals surface area contributed by atoms with Gasteiger partial charge in [-0.3, -0.25) is 0 Å². The monoisotopic (exact) mass is 286 g/mol. The highest BCUT2D eigenvalue weighted by atomic mass is 19.4. The Kier molecular flexibility index (Phi) is 3.86. The predicted octanol–water partition coefficient (Wildman–Crippen LogP) is 4.30. The second kappa shape index (κ2) is 5.60. The third kappa shape index (κ3) is 3.34. The van der Waals surface area contributed by atoms with Crippen LogP contribution in [0.25, 0.3) is 0 Å². The van der Waals surface area contributed by atoms with Crippen LogP contribution >= 0.6 is 0 Å². The van der Waals surface area contributed by atoms with E-state index in [9.17, 15) is 13.2 Å². The molecule has 0 atom stereocenters. The molecule has 0 aromatic heterocycles. The molecule has 0 radical (unpaired) electrons. The highest BCUT2D eigenvalue weighted by Gasteiger charge is 2.33. The molecule has 2 aromatic carbocycles. The predicted molar refractivity (Wildman–Crippen MR) is 73.8 cm³/mol. The van der Waals surface area contributed by atoms with E-state index in [-0.39, 0.29) is 0 Å². The molecule has 0 unspecified atom stereocenters. The Morgan fingerprint density at radius 2 is 1.76 bits per heavy atom. The van der Waals surface area contributed by atoms with Gasteiger partial charge in [-0.15, -0.1) is 6.42 Å². The minimum atomic E-state index is -4.55. The van der Waals surface area contributed by atoms with E-state index in [1.165, 1.54) is 6.07 Å². The molecule has 0 bridgehead atoms. The Morgan fingerprint density at radius 3 is 2.38 bits per heavy atom. The van der Waals surface area contributed by atoms with Crippen LogP contribution in [-0.2, 0) is 6.18 Å². The Labute approximate surface area is 119 Å². The number of terminal acetylenes is 1. The zero-order valence-corrected chi connectivity index (χ0v) is 10.7. The molecule has 0 spiro atoms. The number of hydrogen-bond donors (Lipinski definition) is 1. The number of hydrogen-bond acceptors (Lipinski definition) is 2. The zero-order chi connectivity index (χ0) is 15.5. The lowest BCUT2D eigenvalue weighted by Crippen LogP contribution is -2.08. The summed E-state index contributed by atoms with van der Waals surface area (Å²) in [6.07, 6.45) is 0.731. The lowest BCUT2D eigenvalue weighted by Gasteiger charge is -2.11. The van der Waals surface area contributed by atoms with E-state index in [1.54, 1.807) is 30.3 Å².